The number of hydrogen-bond acceptors (Lipinski definition) is 3. The van der Waals surface area contributed by atoms with Crippen molar-refractivity contribution in [3.05, 3.63) is 24.3 Å². The van der Waals surface area contributed by atoms with E-state index >= 15 is 0 Å². The third-order valence-electron chi connectivity index (χ3n) is 2.34. The van der Waals surface area contributed by atoms with Gasteiger partial charge in [0, 0.05) is 11.8 Å². The number of ether oxygens (including phenoxy) is 1. The van der Waals surface area contributed by atoms with Crippen LogP contribution in [0.25, 0.3) is 0 Å². The van der Waals surface area contributed by atoms with Crippen molar-refractivity contribution in [2.24, 2.45) is 0 Å². The topological polar surface area (TPSA) is 55.4 Å². The van der Waals surface area contributed by atoms with Gasteiger partial charge in [-0.1, -0.05) is 0 Å². The largest absolute Gasteiger partial charge is 0.497 e. The van der Waals surface area contributed by atoms with Crippen molar-refractivity contribution >= 4 is 33.2 Å². The molecule has 0 spiro atoms. The second kappa shape index (κ2) is 6.10. The Morgan fingerprint density at radius 3 is 2.11 bits per heavy atom. The van der Waals surface area contributed by atoms with Gasteiger partial charge in [-0.2, -0.15) is 0 Å². The molecule has 0 saturated carbocycles. The maximum absolute atomic E-state index is 12.1. The fraction of sp³-hybridized carbons (Fsp3) is 0.455. The van der Waals surface area contributed by atoms with Gasteiger partial charge in [0.15, 0.2) is 0 Å². The smallest absolute Gasteiger partial charge is 0.241 e. The van der Waals surface area contributed by atoms with Crippen LogP contribution in [0.5, 0.6) is 5.75 Å². The van der Waals surface area contributed by atoms with E-state index in [0.29, 0.717) is 5.75 Å². The normalized spacial score (nSPS) is 12.4. The minimum absolute atomic E-state index is 0.0892. The minimum Gasteiger partial charge on any atom is -0.497 e. The van der Waals surface area contributed by atoms with Crippen LogP contribution in [0.2, 0.25) is 0 Å². The average Bonchev–Trinajstić information content (AvgIpc) is 2.38. The molecule has 0 unspecified atom stereocenters. The van der Waals surface area contributed by atoms with Gasteiger partial charge in [0.05, 0.1) is 17.5 Å². The first-order valence-corrected chi connectivity index (χ1v) is 7.72. The quantitative estimate of drug-likeness (QED) is 0.820. The molecular formula is C11H15Cl2NO3S. The van der Waals surface area contributed by atoms with Crippen LogP contribution in [0.3, 0.4) is 0 Å². The molecule has 0 aliphatic heterocycles. The molecule has 1 N–H and O–H groups in total. The van der Waals surface area contributed by atoms with Crippen LogP contribution < -0.4 is 9.46 Å². The summed E-state index contributed by atoms with van der Waals surface area (Å²) in [6.07, 6.45) is 0. The summed E-state index contributed by atoms with van der Waals surface area (Å²) in [5.74, 6) is 0.768. The predicted octanol–water partition coefficient (Wildman–Crippen LogP) is 2.21. The Morgan fingerprint density at radius 2 is 1.72 bits per heavy atom. The van der Waals surface area contributed by atoms with Crippen molar-refractivity contribution < 1.29 is 13.2 Å². The van der Waals surface area contributed by atoms with Crippen LogP contribution in [-0.2, 0) is 10.0 Å². The highest BCUT2D eigenvalue weighted by atomic mass is 35.5. The van der Waals surface area contributed by atoms with Crippen LogP contribution in [0.4, 0.5) is 0 Å². The Labute approximate surface area is 117 Å². The summed E-state index contributed by atoms with van der Waals surface area (Å²) in [5, 5.41) is 0. The van der Waals surface area contributed by atoms with Gasteiger partial charge >= 0.3 is 0 Å². The molecule has 0 saturated heterocycles. The first-order chi connectivity index (χ1) is 8.37. The minimum atomic E-state index is -3.64. The number of hydrogen-bond donors (Lipinski definition) is 1. The molecule has 0 bridgehead atoms. The van der Waals surface area contributed by atoms with Crippen LogP contribution in [0, 0.1) is 0 Å². The Bertz CT molecular complexity index is 484. The van der Waals surface area contributed by atoms with Gasteiger partial charge in [-0.15, -0.1) is 23.2 Å². The molecule has 4 nitrogen and oxygen atoms in total. The van der Waals surface area contributed by atoms with Gasteiger partial charge in [0.1, 0.15) is 5.75 Å². The summed E-state index contributed by atoms with van der Waals surface area (Å²) < 4.78 is 31.7. The fourth-order valence-corrected chi connectivity index (χ4v) is 3.21. The van der Waals surface area contributed by atoms with Crippen LogP contribution in [-0.4, -0.2) is 32.8 Å². The molecule has 1 rings (SSSR count). The molecule has 0 fully saturated rings. The van der Waals surface area contributed by atoms with E-state index in [4.69, 9.17) is 27.9 Å². The van der Waals surface area contributed by atoms with Crippen molar-refractivity contribution in [2.75, 3.05) is 18.9 Å². The van der Waals surface area contributed by atoms with Crippen molar-refractivity contribution in [1.82, 2.24) is 4.72 Å². The number of benzene rings is 1. The zero-order valence-electron chi connectivity index (χ0n) is 10.1. The Kier molecular flexibility index (Phi) is 5.28. The summed E-state index contributed by atoms with van der Waals surface area (Å²) in [6.45, 7) is 1.65. The van der Waals surface area contributed by atoms with E-state index in [2.05, 4.69) is 4.72 Å². The molecule has 0 aliphatic carbocycles. The highest BCUT2D eigenvalue weighted by Crippen LogP contribution is 2.18. The number of sulfonamides is 1. The molecular weight excluding hydrogens is 297 g/mol. The van der Waals surface area contributed by atoms with Crippen molar-refractivity contribution in [2.45, 2.75) is 17.4 Å². The van der Waals surface area contributed by atoms with Crippen molar-refractivity contribution in [1.29, 1.82) is 0 Å². The zero-order chi connectivity index (χ0) is 13.8. The molecule has 18 heavy (non-hydrogen) atoms. The maximum Gasteiger partial charge on any atom is 0.241 e. The molecule has 0 aliphatic rings. The average molecular weight is 312 g/mol. The highest BCUT2D eigenvalue weighted by Gasteiger charge is 2.29. The van der Waals surface area contributed by atoms with Gasteiger partial charge < -0.3 is 4.74 Å². The Morgan fingerprint density at radius 1 is 1.22 bits per heavy atom. The summed E-state index contributed by atoms with van der Waals surface area (Å²) in [5.41, 5.74) is -0.873. The van der Waals surface area contributed by atoms with Gasteiger partial charge in [-0.25, -0.2) is 13.1 Å². The van der Waals surface area contributed by atoms with E-state index in [1.807, 2.05) is 0 Å². The van der Waals surface area contributed by atoms with E-state index in [9.17, 15) is 8.42 Å². The molecule has 7 heteroatoms. The van der Waals surface area contributed by atoms with Crippen LogP contribution in [0.15, 0.2) is 29.2 Å². The summed E-state index contributed by atoms with van der Waals surface area (Å²) in [4.78, 5) is 0.143. The molecule has 0 aromatic heterocycles. The molecule has 0 atom stereocenters. The van der Waals surface area contributed by atoms with E-state index in [1.54, 1.807) is 19.1 Å². The molecule has 0 heterocycles. The second-order valence-electron chi connectivity index (χ2n) is 4.11. The third kappa shape index (κ3) is 3.75. The monoisotopic (exact) mass is 311 g/mol. The molecule has 1 aromatic carbocycles. The van der Waals surface area contributed by atoms with Gasteiger partial charge in [0.25, 0.3) is 0 Å². The van der Waals surface area contributed by atoms with Crippen molar-refractivity contribution in [3.63, 3.8) is 0 Å². The highest BCUT2D eigenvalue weighted by molar-refractivity contribution is 7.89. The fourth-order valence-electron chi connectivity index (χ4n) is 1.23. The lowest BCUT2D eigenvalue weighted by molar-refractivity contribution is 0.414. The standard InChI is InChI=1S/C11H15Cl2NO3S/c1-11(7-12,8-13)14-18(15,16)10-5-3-9(17-2)4-6-10/h3-6,14H,7-8H2,1-2H3. The number of rotatable bonds is 6. The Balaban J connectivity index is 2.99. The summed E-state index contributed by atoms with van der Waals surface area (Å²) >= 11 is 11.4. The van der Waals surface area contributed by atoms with E-state index < -0.39 is 15.6 Å². The van der Waals surface area contributed by atoms with E-state index in [1.165, 1.54) is 19.2 Å². The lowest BCUT2D eigenvalue weighted by Gasteiger charge is -2.25. The first kappa shape index (κ1) is 15.6. The number of methoxy groups -OCH3 is 1. The molecule has 102 valence electrons. The summed E-state index contributed by atoms with van der Waals surface area (Å²) in [7, 11) is -2.13. The second-order valence-corrected chi connectivity index (χ2v) is 6.33. The van der Waals surface area contributed by atoms with Crippen molar-refractivity contribution in [3.8, 4) is 5.75 Å². The summed E-state index contributed by atoms with van der Waals surface area (Å²) in [6, 6.07) is 6.08. The number of nitrogens with one attached hydrogen (secondary N) is 1. The predicted molar refractivity (Wildman–Crippen MR) is 73.2 cm³/mol. The number of halogens is 2. The lowest BCUT2D eigenvalue weighted by atomic mass is 10.1. The van der Waals surface area contributed by atoms with Crippen LogP contribution in [0.1, 0.15) is 6.92 Å². The molecule has 0 amide bonds. The van der Waals surface area contributed by atoms with Gasteiger partial charge in [0.2, 0.25) is 10.0 Å². The van der Waals surface area contributed by atoms with Gasteiger partial charge in [-0.3, -0.25) is 0 Å². The van der Waals surface area contributed by atoms with E-state index in [0.717, 1.165) is 0 Å². The Hall–Kier alpha value is -0.490. The zero-order valence-corrected chi connectivity index (χ0v) is 12.4. The van der Waals surface area contributed by atoms with Gasteiger partial charge in [-0.05, 0) is 31.2 Å². The third-order valence-corrected chi connectivity index (χ3v) is 5.17. The molecule has 0 radical (unpaired) electrons. The first-order valence-electron chi connectivity index (χ1n) is 5.17. The SMILES string of the molecule is COc1ccc(S(=O)(=O)NC(C)(CCl)CCl)cc1. The van der Waals surface area contributed by atoms with E-state index in [-0.39, 0.29) is 16.7 Å². The maximum atomic E-state index is 12.1. The van der Waals surface area contributed by atoms with Crippen LogP contribution >= 0.6 is 23.2 Å². The number of alkyl halides is 2. The molecule has 1 aromatic rings. The lowest BCUT2D eigenvalue weighted by Crippen LogP contribution is -2.49.